The summed E-state index contributed by atoms with van der Waals surface area (Å²) >= 11 is 0. The molecule has 0 saturated heterocycles. The molecule has 3 aliphatic rings. The second kappa shape index (κ2) is 11.0. The standard InChI is InChI=1S/C36H39NO4S/c1-25-10-14-29(15-11-25)42(38,39)36(37-3,24-41-23-26-8-6-5-7-9-26)34-19-18-33-32-16-12-27-22-28(40-4)13-17-30(27)31(32)20-21-35(33,34)2/h5-11,13-15,17,19,22,31-33H,12,16,18,20-21,23-24H2,1-2,4H3/t31-,32-,33+,35+,36?/m1/s1. The van der Waals surface area contributed by atoms with E-state index in [-0.39, 0.29) is 24.0 Å². The Balaban J connectivity index is 1.37. The minimum atomic E-state index is -4.10. The van der Waals surface area contributed by atoms with Gasteiger partial charge in [-0.3, -0.25) is 4.85 Å². The summed E-state index contributed by atoms with van der Waals surface area (Å²) in [6.45, 7) is 12.7. The maximum atomic E-state index is 14.6. The zero-order valence-electron chi connectivity index (χ0n) is 24.7. The van der Waals surface area contributed by atoms with Crippen LogP contribution in [0.5, 0.6) is 5.75 Å². The molecule has 3 aliphatic carbocycles. The lowest BCUT2D eigenvalue weighted by molar-refractivity contribution is 0.0604. The Morgan fingerprint density at radius 3 is 2.52 bits per heavy atom. The van der Waals surface area contributed by atoms with Crippen LogP contribution in [-0.4, -0.2) is 27.0 Å². The molecular formula is C36H39NO4S. The van der Waals surface area contributed by atoms with Crippen LogP contribution in [0.2, 0.25) is 0 Å². The van der Waals surface area contributed by atoms with Gasteiger partial charge in [0.1, 0.15) is 12.4 Å². The maximum Gasteiger partial charge on any atom is 0.377 e. The summed E-state index contributed by atoms with van der Waals surface area (Å²) in [5.74, 6) is 2.06. The van der Waals surface area contributed by atoms with E-state index >= 15 is 0 Å². The number of hydrogen-bond donors (Lipinski definition) is 0. The van der Waals surface area contributed by atoms with Crippen molar-refractivity contribution in [3.8, 4) is 5.75 Å². The second-order valence-electron chi connectivity index (χ2n) is 12.5. The van der Waals surface area contributed by atoms with Crippen LogP contribution in [0, 0.1) is 30.7 Å². The molecule has 3 aromatic rings. The quantitative estimate of drug-likeness (QED) is 0.202. The van der Waals surface area contributed by atoms with Crippen LogP contribution in [0.15, 0.2) is 89.3 Å². The number of rotatable bonds is 8. The van der Waals surface area contributed by atoms with Crippen molar-refractivity contribution in [1.82, 2.24) is 0 Å². The molecule has 0 heterocycles. The van der Waals surface area contributed by atoms with E-state index in [0.29, 0.717) is 11.8 Å². The first kappa shape index (κ1) is 28.7. The third-order valence-corrected chi connectivity index (χ3v) is 12.5. The van der Waals surface area contributed by atoms with Gasteiger partial charge in [-0.25, -0.2) is 15.0 Å². The molecule has 1 saturated carbocycles. The molecule has 0 aromatic heterocycles. The van der Waals surface area contributed by atoms with Crippen molar-refractivity contribution in [1.29, 1.82) is 0 Å². The van der Waals surface area contributed by atoms with Gasteiger partial charge in [0.15, 0.2) is 0 Å². The Bertz CT molecular complexity index is 1640. The Labute approximate surface area is 250 Å². The van der Waals surface area contributed by atoms with Gasteiger partial charge in [0, 0.05) is 11.0 Å². The van der Waals surface area contributed by atoms with E-state index < -0.39 is 20.1 Å². The van der Waals surface area contributed by atoms with Gasteiger partial charge in [-0.1, -0.05) is 67.1 Å². The minimum absolute atomic E-state index is 0.176. The summed E-state index contributed by atoms with van der Waals surface area (Å²) in [7, 11) is -2.39. The number of fused-ring (bicyclic) bond motifs is 5. The fourth-order valence-corrected chi connectivity index (χ4v) is 9.95. The Morgan fingerprint density at radius 1 is 1.05 bits per heavy atom. The van der Waals surface area contributed by atoms with E-state index in [4.69, 9.17) is 16.0 Å². The van der Waals surface area contributed by atoms with Gasteiger partial charge in [-0.15, -0.1) is 0 Å². The summed E-state index contributed by atoms with van der Waals surface area (Å²) in [6.07, 6.45) is 6.76. The highest BCUT2D eigenvalue weighted by molar-refractivity contribution is 7.93. The maximum absolute atomic E-state index is 14.6. The number of benzene rings is 3. The van der Waals surface area contributed by atoms with Crippen molar-refractivity contribution in [2.45, 2.75) is 68.2 Å². The molecule has 5 atom stereocenters. The van der Waals surface area contributed by atoms with Crippen LogP contribution >= 0.6 is 0 Å². The highest BCUT2D eigenvalue weighted by Crippen LogP contribution is 2.64. The lowest BCUT2D eigenvalue weighted by atomic mass is 9.54. The first-order valence-electron chi connectivity index (χ1n) is 14.9. The number of sulfone groups is 1. The van der Waals surface area contributed by atoms with Crippen LogP contribution in [-0.2, 0) is 27.6 Å². The molecule has 6 heteroatoms. The third kappa shape index (κ3) is 4.58. The van der Waals surface area contributed by atoms with Crippen molar-refractivity contribution >= 4 is 9.84 Å². The zero-order valence-corrected chi connectivity index (χ0v) is 25.5. The van der Waals surface area contributed by atoms with Crippen LogP contribution in [0.3, 0.4) is 0 Å². The molecule has 0 N–H and O–H groups in total. The molecular weight excluding hydrogens is 542 g/mol. The number of ether oxygens (including phenoxy) is 2. The summed E-state index contributed by atoms with van der Waals surface area (Å²) in [5.41, 5.74) is 5.05. The van der Waals surface area contributed by atoms with Gasteiger partial charge in [0.2, 0.25) is 0 Å². The highest BCUT2D eigenvalue weighted by atomic mass is 32.2. The van der Waals surface area contributed by atoms with E-state index in [1.54, 1.807) is 31.4 Å². The van der Waals surface area contributed by atoms with Crippen molar-refractivity contribution in [3.63, 3.8) is 0 Å². The van der Waals surface area contributed by atoms with E-state index in [2.05, 4.69) is 36.0 Å². The molecule has 3 aromatic carbocycles. The van der Waals surface area contributed by atoms with Gasteiger partial charge < -0.3 is 9.47 Å². The predicted molar refractivity (Wildman–Crippen MR) is 165 cm³/mol. The summed E-state index contributed by atoms with van der Waals surface area (Å²) < 4.78 is 40.9. The van der Waals surface area contributed by atoms with Crippen molar-refractivity contribution < 1.29 is 17.9 Å². The van der Waals surface area contributed by atoms with Crippen molar-refractivity contribution in [2.75, 3.05) is 13.7 Å². The van der Waals surface area contributed by atoms with E-state index in [9.17, 15) is 8.42 Å². The van der Waals surface area contributed by atoms with Crippen LogP contribution in [0.25, 0.3) is 4.85 Å². The van der Waals surface area contributed by atoms with E-state index in [1.165, 1.54) is 11.1 Å². The first-order chi connectivity index (χ1) is 20.2. The average molecular weight is 582 g/mol. The zero-order chi connectivity index (χ0) is 29.5. The van der Waals surface area contributed by atoms with Crippen LogP contribution in [0.1, 0.15) is 60.8 Å². The van der Waals surface area contributed by atoms with E-state index in [1.807, 2.05) is 37.3 Å². The SMILES string of the molecule is [C-]#[N+]C(COCc1ccccc1)(C1=CC[C@H]2[C@@H]3CCc4cc(OC)ccc4[C@H]3CC[C@]12C)S(=O)(=O)c1ccc(C)cc1. The molecule has 0 radical (unpaired) electrons. The fourth-order valence-electron chi connectivity index (χ4n) is 8.11. The number of nitrogens with zero attached hydrogens (tertiary/aromatic N) is 1. The molecule has 5 nitrogen and oxygen atoms in total. The highest BCUT2D eigenvalue weighted by Gasteiger charge is 2.65. The average Bonchev–Trinajstić information content (AvgIpc) is 3.37. The predicted octanol–water partition coefficient (Wildman–Crippen LogP) is 7.70. The number of allylic oxidation sites excluding steroid dienone is 1. The van der Waals surface area contributed by atoms with Gasteiger partial charge >= 0.3 is 4.87 Å². The molecule has 1 unspecified atom stereocenters. The van der Waals surface area contributed by atoms with Crippen molar-refractivity contribution in [2.24, 2.45) is 17.3 Å². The van der Waals surface area contributed by atoms with Crippen LogP contribution in [0.4, 0.5) is 0 Å². The first-order valence-corrected chi connectivity index (χ1v) is 16.4. The molecule has 6 rings (SSSR count). The molecule has 1 fully saturated rings. The lowest BCUT2D eigenvalue weighted by Crippen LogP contribution is -2.50. The third-order valence-electron chi connectivity index (χ3n) is 10.3. The molecule has 0 amide bonds. The molecule has 0 aliphatic heterocycles. The topological polar surface area (TPSA) is 57.0 Å². The summed E-state index contributed by atoms with van der Waals surface area (Å²) in [5, 5.41) is 0. The second-order valence-corrected chi connectivity index (χ2v) is 14.6. The smallest absolute Gasteiger partial charge is 0.377 e. The molecule has 218 valence electrons. The Morgan fingerprint density at radius 2 is 1.81 bits per heavy atom. The van der Waals surface area contributed by atoms with Gasteiger partial charge in [0.05, 0.1) is 18.6 Å². The number of hydrogen-bond acceptors (Lipinski definition) is 4. The van der Waals surface area contributed by atoms with Gasteiger partial charge in [0.25, 0.3) is 9.84 Å². The van der Waals surface area contributed by atoms with E-state index in [0.717, 1.165) is 54.6 Å². The Kier molecular flexibility index (Phi) is 7.53. The summed E-state index contributed by atoms with van der Waals surface area (Å²) in [6, 6.07) is 23.1. The molecule has 0 bridgehead atoms. The summed E-state index contributed by atoms with van der Waals surface area (Å²) in [4.78, 5) is 2.40. The normalized spacial score (nSPS) is 26.1. The van der Waals surface area contributed by atoms with Gasteiger partial charge in [-0.05, 0) is 97.7 Å². The monoisotopic (exact) mass is 581 g/mol. The van der Waals surface area contributed by atoms with Crippen molar-refractivity contribution in [3.05, 3.63) is 118 Å². The molecule has 0 spiro atoms. The molecule has 42 heavy (non-hydrogen) atoms. The van der Waals surface area contributed by atoms with Crippen LogP contribution < -0.4 is 4.74 Å². The lowest BCUT2D eigenvalue weighted by Gasteiger charge is -2.51. The largest absolute Gasteiger partial charge is 0.497 e. The number of methoxy groups -OCH3 is 1. The fraction of sp³-hybridized carbons (Fsp3) is 0.417. The Hall–Kier alpha value is -3.40. The number of aryl methyl sites for hydroxylation is 2. The minimum Gasteiger partial charge on any atom is -0.497 e. The van der Waals surface area contributed by atoms with Gasteiger partial charge in [-0.2, -0.15) is 0 Å².